The summed E-state index contributed by atoms with van der Waals surface area (Å²) in [5, 5.41) is 0. The maximum absolute atomic E-state index is 12.4. The monoisotopic (exact) mass is 313 g/mol. The number of aromatic amines is 1. The summed E-state index contributed by atoms with van der Waals surface area (Å²) < 4.78 is 5.92. The fourth-order valence-corrected chi connectivity index (χ4v) is 2.70. The van der Waals surface area contributed by atoms with E-state index in [1.54, 1.807) is 4.90 Å². The van der Waals surface area contributed by atoms with Crippen molar-refractivity contribution >= 4 is 11.8 Å². The van der Waals surface area contributed by atoms with Crippen molar-refractivity contribution in [3.05, 3.63) is 53.9 Å². The molecule has 0 spiro atoms. The van der Waals surface area contributed by atoms with Gasteiger partial charge < -0.3 is 20.4 Å². The zero-order valence-electron chi connectivity index (χ0n) is 12.7. The highest BCUT2D eigenvalue weighted by molar-refractivity contribution is 5.98. The predicted molar refractivity (Wildman–Crippen MR) is 85.3 cm³/mol. The second-order valence-corrected chi connectivity index (χ2v) is 5.59. The number of para-hydroxylation sites is 1. The molecular weight excluding hydrogens is 294 g/mol. The minimum atomic E-state index is -0.546. The predicted octanol–water partition coefficient (Wildman–Crippen LogP) is 1.80. The Balaban J connectivity index is 1.55. The van der Waals surface area contributed by atoms with Crippen LogP contribution in [0.3, 0.4) is 0 Å². The molecule has 1 aromatic carbocycles. The number of hydrogen-bond donors (Lipinski definition) is 2. The number of aromatic nitrogens is 1. The minimum Gasteiger partial charge on any atom is -0.490 e. The number of nitrogens with one attached hydrogen (secondary N) is 1. The maximum atomic E-state index is 12.4. The highest BCUT2D eigenvalue weighted by Gasteiger charge is 2.25. The van der Waals surface area contributed by atoms with E-state index in [2.05, 4.69) is 4.98 Å². The second kappa shape index (κ2) is 6.56. The molecule has 0 bridgehead atoms. The highest BCUT2D eigenvalue weighted by atomic mass is 16.5. The van der Waals surface area contributed by atoms with Gasteiger partial charge in [-0.3, -0.25) is 9.59 Å². The number of H-pyrrole nitrogens is 1. The minimum absolute atomic E-state index is 0.115. The van der Waals surface area contributed by atoms with Crippen molar-refractivity contribution in [1.29, 1.82) is 0 Å². The van der Waals surface area contributed by atoms with Gasteiger partial charge >= 0.3 is 0 Å². The Morgan fingerprint density at radius 2 is 1.87 bits per heavy atom. The van der Waals surface area contributed by atoms with Gasteiger partial charge in [-0.1, -0.05) is 18.2 Å². The molecule has 1 saturated heterocycles. The lowest BCUT2D eigenvalue weighted by Gasteiger charge is -2.32. The second-order valence-electron chi connectivity index (χ2n) is 5.59. The van der Waals surface area contributed by atoms with Crippen LogP contribution < -0.4 is 10.5 Å². The molecule has 23 heavy (non-hydrogen) atoms. The van der Waals surface area contributed by atoms with Gasteiger partial charge in [-0.05, 0) is 18.2 Å². The van der Waals surface area contributed by atoms with Gasteiger partial charge in [0.15, 0.2) is 0 Å². The van der Waals surface area contributed by atoms with Crippen LogP contribution in [-0.4, -0.2) is 40.9 Å². The smallest absolute Gasteiger partial charge is 0.270 e. The fraction of sp³-hybridized carbons (Fsp3) is 0.294. The van der Waals surface area contributed by atoms with Crippen molar-refractivity contribution in [1.82, 2.24) is 9.88 Å². The van der Waals surface area contributed by atoms with Crippen molar-refractivity contribution in [2.24, 2.45) is 5.73 Å². The molecule has 0 radical (unpaired) electrons. The number of rotatable bonds is 4. The standard InChI is InChI=1S/C17H19N3O3/c18-16(21)12-10-15(19-11-12)17(22)20-8-6-14(7-9-20)23-13-4-2-1-3-5-13/h1-5,10-11,14,19H,6-9H2,(H2,18,21). The third kappa shape index (κ3) is 3.53. The van der Waals surface area contributed by atoms with E-state index in [1.807, 2.05) is 30.3 Å². The Bertz CT molecular complexity index is 688. The average molecular weight is 313 g/mol. The summed E-state index contributed by atoms with van der Waals surface area (Å²) in [5.41, 5.74) is 5.90. The summed E-state index contributed by atoms with van der Waals surface area (Å²) in [7, 11) is 0. The first kappa shape index (κ1) is 15.1. The number of primary amides is 1. The van der Waals surface area contributed by atoms with Crippen molar-refractivity contribution in [3.63, 3.8) is 0 Å². The van der Waals surface area contributed by atoms with Crippen LogP contribution in [-0.2, 0) is 0 Å². The number of carbonyl (C=O) groups is 2. The number of ether oxygens (including phenoxy) is 1. The number of hydrogen-bond acceptors (Lipinski definition) is 3. The van der Waals surface area contributed by atoms with Gasteiger partial charge in [0.1, 0.15) is 17.5 Å². The van der Waals surface area contributed by atoms with Gasteiger partial charge in [0.05, 0.1) is 5.56 Å². The van der Waals surface area contributed by atoms with Gasteiger partial charge in [-0.25, -0.2) is 0 Å². The summed E-state index contributed by atoms with van der Waals surface area (Å²) >= 11 is 0. The third-order valence-electron chi connectivity index (χ3n) is 3.97. The Kier molecular flexibility index (Phi) is 4.32. The highest BCUT2D eigenvalue weighted by Crippen LogP contribution is 2.20. The third-order valence-corrected chi connectivity index (χ3v) is 3.97. The number of benzene rings is 1. The molecule has 2 amide bonds. The van der Waals surface area contributed by atoms with Crippen molar-refractivity contribution in [2.45, 2.75) is 18.9 Å². The Hall–Kier alpha value is -2.76. The lowest BCUT2D eigenvalue weighted by atomic mass is 10.1. The van der Waals surface area contributed by atoms with E-state index < -0.39 is 5.91 Å². The summed E-state index contributed by atoms with van der Waals surface area (Å²) in [5.74, 6) is 0.193. The number of carbonyl (C=O) groups excluding carboxylic acids is 2. The van der Waals surface area contributed by atoms with Crippen LogP contribution in [0.1, 0.15) is 33.7 Å². The molecule has 1 fully saturated rings. The first-order valence-electron chi connectivity index (χ1n) is 7.62. The van der Waals surface area contributed by atoms with Crippen molar-refractivity contribution in [3.8, 4) is 5.75 Å². The molecule has 2 aromatic rings. The number of piperidine rings is 1. The first-order valence-corrected chi connectivity index (χ1v) is 7.62. The molecule has 120 valence electrons. The Morgan fingerprint density at radius 1 is 1.17 bits per heavy atom. The van der Waals surface area contributed by atoms with Crippen LogP contribution in [0.4, 0.5) is 0 Å². The number of likely N-dealkylation sites (tertiary alicyclic amines) is 1. The van der Waals surface area contributed by atoms with Gasteiger partial charge in [-0.2, -0.15) is 0 Å². The first-order chi connectivity index (χ1) is 11.1. The van der Waals surface area contributed by atoms with Crippen molar-refractivity contribution in [2.75, 3.05) is 13.1 Å². The van der Waals surface area contributed by atoms with Gasteiger partial charge in [-0.15, -0.1) is 0 Å². The van der Waals surface area contributed by atoms with E-state index in [4.69, 9.17) is 10.5 Å². The molecule has 1 aliphatic rings. The zero-order chi connectivity index (χ0) is 16.2. The number of amides is 2. The van der Waals surface area contributed by atoms with Crippen LogP contribution in [0.5, 0.6) is 5.75 Å². The van der Waals surface area contributed by atoms with E-state index in [-0.39, 0.29) is 12.0 Å². The number of nitrogens with zero attached hydrogens (tertiary/aromatic N) is 1. The van der Waals surface area contributed by atoms with Crippen LogP contribution in [0.2, 0.25) is 0 Å². The Labute approximate surface area is 134 Å². The van der Waals surface area contributed by atoms with E-state index in [0.29, 0.717) is 24.3 Å². The molecule has 0 saturated carbocycles. The summed E-state index contributed by atoms with van der Waals surface area (Å²) in [6.45, 7) is 1.25. The molecule has 0 aliphatic carbocycles. The van der Waals surface area contributed by atoms with Crippen molar-refractivity contribution < 1.29 is 14.3 Å². The van der Waals surface area contributed by atoms with Gasteiger partial charge in [0.2, 0.25) is 5.91 Å². The summed E-state index contributed by atoms with van der Waals surface area (Å²) in [4.78, 5) is 28.1. The molecule has 2 heterocycles. The maximum Gasteiger partial charge on any atom is 0.270 e. The molecule has 3 N–H and O–H groups in total. The number of nitrogens with two attached hydrogens (primary N) is 1. The molecule has 0 unspecified atom stereocenters. The van der Waals surface area contributed by atoms with E-state index in [0.717, 1.165) is 18.6 Å². The Morgan fingerprint density at radius 3 is 2.48 bits per heavy atom. The molecule has 1 aromatic heterocycles. The van der Waals surface area contributed by atoms with E-state index >= 15 is 0 Å². The largest absolute Gasteiger partial charge is 0.490 e. The van der Waals surface area contributed by atoms with Crippen LogP contribution in [0.15, 0.2) is 42.6 Å². The summed E-state index contributed by atoms with van der Waals surface area (Å²) in [6.07, 6.45) is 3.14. The SMILES string of the molecule is NC(=O)c1c[nH]c(C(=O)N2CCC(Oc3ccccc3)CC2)c1. The normalized spacial score (nSPS) is 15.4. The molecular formula is C17H19N3O3. The van der Waals surface area contributed by atoms with Crippen LogP contribution in [0.25, 0.3) is 0 Å². The average Bonchev–Trinajstić information content (AvgIpc) is 3.06. The fourth-order valence-electron chi connectivity index (χ4n) is 2.70. The van der Waals surface area contributed by atoms with E-state index in [9.17, 15) is 9.59 Å². The molecule has 0 atom stereocenters. The molecule has 1 aliphatic heterocycles. The van der Waals surface area contributed by atoms with E-state index in [1.165, 1.54) is 12.3 Å². The zero-order valence-corrected chi connectivity index (χ0v) is 12.7. The van der Waals surface area contributed by atoms with Crippen LogP contribution in [0, 0.1) is 0 Å². The summed E-state index contributed by atoms with van der Waals surface area (Å²) in [6, 6.07) is 11.2. The lowest BCUT2D eigenvalue weighted by Crippen LogP contribution is -2.41. The lowest BCUT2D eigenvalue weighted by molar-refractivity contribution is 0.0591. The molecule has 3 rings (SSSR count). The molecule has 6 nitrogen and oxygen atoms in total. The van der Waals surface area contributed by atoms with Gasteiger partial charge in [0, 0.05) is 32.1 Å². The van der Waals surface area contributed by atoms with Crippen LogP contribution >= 0.6 is 0 Å². The van der Waals surface area contributed by atoms with Gasteiger partial charge in [0.25, 0.3) is 5.91 Å². The quantitative estimate of drug-likeness (QED) is 0.902. The molecule has 6 heteroatoms. The topological polar surface area (TPSA) is 88.4 Å².